The summed E-state index contributed by atoms with van der Waals surface area (Å²) in [5.74, 6) is 0. The molecule has 0 aliphatic heterocycles. The van der Waals surface area contributed by atoms with Gasteiger partial charge in [0.1, 0.15) is 0 Å². The average Bonchev–Trinajstić information content (AvgIpc) is 2.15. The zero-order valence-corrected chi connectivity index (χ0v) is 8.93. The highest BCUT2D eigenvalue weighted by molar-refractivity contribution is 6.30. The first kappa shape index (κ1) is 11.0. The van der Waals surface area contributed by atoms with Crippen LogP contribution in [0.3, 0.4) is 0 Å². The summed E-state index contributed by atoms with van der Waals surface area (Å²) in [4.78, 5) is 0. The number of nitrogens with one attached hydrogen (secondary N) is 1. The quantitative estimate of drug-likeness (QED) is 0.773. The summed E-state index contributed by atoms with van der Waals surface area (Å²) in [5, 5.41) is 12.3. The highest BCUT2D eigenvalue weighted by Gasteiger charge is 1.98. The van der Waals surface area contributed by atoms with Crippen LogP contribution in [0, 0.1) is 18.3 Å². The lowest BCUT2D eigenvalue weighted by molar-refractivity contribution is 0.696. The molecule has 74 valence electrons. The summed E-state index contributed by atoms with van der Waals surface area (Å²) >= 11 is 5.84. The molecule has 0 radical (unpaired) electrons. The Hall–Kier alpha value is -1.04. The molecule has 2 nitrogen and oxygen atoms in total. The zero-order chi connectivity index (χ0) is 10.4. The van der Waals surface area contributed by atoms with Crippen molar-refractivity contribution in [3.05, 3.63) is 34.3 Å². The third kappa shape index (κ3) is 3.37. The van der Waals surface area contributed by atoms with E-state index in [4.69, 9.17) is 16.9 Å². The SMILES string of the molecule is Cc1cc(Cl)ccc1CNCCC#N. The summed E-state index contributed by atoms with van der Waals surface area (Å²) in [6, 6.07) is 7.94. The maximum Gasteiger partial charge on any atom is 0.0635 e. The molecule has 14 heavy (non-hydrogen) atoms. The van der Waals surface area contributed by atoms with E-state index < -0.39 is 0 Å². The lowest BCUT2D eigenvalue weighted by atomic mass is 10.1. The highest BCUT2D eigenvalue weighted by atomic mass is 35.5. The largest absolute Gasteiger partial charge is 0.312 e. The van der Waals surface area contributed by atoms with Crippen LogP contribution in [0.1, 0.15) is 17.5 Å². The van der Waals surface area contributed by atoms with E-state index in [-0.39, 0.29) is 0 Å². The molecular formula is C11H13ClN2. The van der Waals surface area contributed by atoms with Crippen LogP contribution in [0.25, 0.3) is 0 Å². The van der Waals surface area contributed by atoms with Crippen molar-refractivity contribution in [2.45, 2.75) is 19.9 Å². The Labute approximate surface area is 89.5 Å². The van der Waals surface area contributed by atoms with E-state index in [1.54, 1.807) is 0 Å². The topological polar surface area (TPSA) is 35.8 Å². The van der Waals surface area contributed by atoms with E-state index >= 15 is 0 Å². The molecule has 1 aromatic rings. The van der Waals surface area contributed by atoms with Gasteiger partial charge in [-0.1, -0.05) is 17.7 Å². The van der Waals surface area contributed by atoms with Gasteiger partial charge >= 0.3 is 0 Å². The molecule has 0 spiro atoms. The molecule has 0 saturated carbocycles. The minimum Gasteiger partial charge on any atom is -0.312 e. The molecule has 0 aliphatic carbocycles. The Morgan fingerprint density at radius 2 is 2.29 bits per heavy atom. The summed E-state index contributed by atoms with van der Waals surface area (Å²) in [6.45, 7) is 3.57. The first-order valence-corrected chi connectivity index (χ1v) is 4.94. The second-order valence-electron chi connectivity index (χ2n) is 3.16. The van der Waals surface area contributed by atoms with Gasteiger partial charge in [0.2, 0.25) is 0 Å². The predicted octanol–water partition coefficient (Wildman–Crippen LogP) is 2.65. The summed E-state index contributed by atoms with van der Waals surface area (Å²) in [7, 11) is 0. The molecule has 0 aliphatic rings. The maximum absolute atomic E-state index is 8.35. The second-order valence-corrected chi connectivity index (χ2v) is 3.59. The van der Waals surface area contributed by atoms with Crippen LogP contribution in [0.5, 0.6) is 0 Å². The van der Waals surface area contributed by atoms with Crippen LogP contribution >= 0.6 is 11.6 Å². The summed E-state index contributed by atoms with van der Waals surface area (Å²) in [5.41, 5.74) is 2.41. The number of hydrogen-bond donors (Lipinski definition) is 1. The number of nitriles is 1. The average molecular weight is 209 g/mol. The molecular weight excluding hydrogens is 196 g/mol. The lowest BCUT2D eigenvalue weighted by Gasteiger charge is -2.06. The van der Waals surface area contributed by atoms with Gasteiger partial charge in [-0.15, -0.1) is 0 Å². The Kier molecular flexibility index (Phi) is 4.45. The number of nitrogens with zero attached hydrogens (tertiary/aromatic N) is 1. The van der Waals surface area contributed by atoms with Crippen LogP contribution in [-0.4, -0.2) is 6.54 Å². The van der Waals surface area contributed by atoms with Crippen molar-refractivity contribution in [3.63, 3.8) is 0 Å². The fourth-order valence-electron chi connectivity index (χ4n) is 1.22. The van der Waals surface area contributed by atoms with Gasteiger partial charge in [-0.3, -0.25) is 0 Å². The van der Waals surface area contributed by atoms with E-state index in [9.17, 15) is 0 Å². The van der Waals surface area contributed by atoms with Crippen LogP contribution in [-0.2, 0) is 6.54 Å². The van der Waals surface area contributed by atoms with Crippen molar-refractivity contribution in [2.75, 3.05) is 6.54 Å². The van der Waals surface area contributed by atoms with Gasteiger partial charge in [-0.05, 0) is 30.2 Å². The van der Waals surface area contributed by atoms with E-state index in [0.717, 1.165) is 18.1 Å². The van der Waals surface area contributed by atoms with Crippen molar-refractivity contribution < 1.29 is 0 Å². The van der Waals surface area contributed by atoms with Crippen LogP contribution in [0.4, 0.5) is 0 Å². The molecule has 1 N–H and O–H groups in total. The molecule has 0 atom stereocenters. The smallest absolute Gasteiger partial charge is 0.0635 e. The Balaban J connectivity index is 2.47. The van der Waals surface area contributed by atoms with Crippen LogP contribution in [0.2, 0.25) is 5.02 Å². The van der Waals surface area contributed by atoms with Gasteiger partial charge in [0.25, 0.3) is 0 Å². The van der Waals surface area contributed by atoms with E-state index in [2.05, 4.69) is 11.4 Å². The van der Waals surface area contributed by atoms with Crippen molar-refractivity contribution in [1.82, 2.24) is 5.32 Å². The van der Waals surface area contributed by atoms with Gasteiger partial charge in [0, 0.05) is 24.5 Å². The Bertz CT molecular complexity index is 342. The van der Waals surface area contributed by atoms with E-state index in [1.165, 1.54) is 11.1 Å². The van der Waals surface area contributed by atoms with Gasteiger partial charge in [0.05, 0.1) is 6.07 Å². The molecule has 0 bridgehead atoms. The first-order valence-electron chi connectivity index (χ1n) is 4.56. The third-order valence-electron chi connectivity index (χ3n) is 2.03. The van der Waals surface area contributed by atoms with Crippen LogP contribution in [0.15, 0.2) is 18.2 Å². The van der Waals surface area contributed by atoms with Crippen molar-refractivity contribution in [1.29, 1.82) is 5.26 Å². The molecule has 1 rings (SSSR count). The summed E-state index contributed by atoms with van der Waals surface area (Å²) in [6.07, 6.45) is 0.548. The highest BCUT2D eigenvalue weighted by Crippen LogP contribution is 2.14. The van der Waals surface area contributed by atoms with Gasteiger partial charge in [-0.2, -0.15) is 5.26 Å². The minimum atomic E-state index is 0.548. The first-order chi connectivity index (χ1) is 6.74. The molecule has 0 heterocycles. The molecule has 1 aromatic carbocycles. The van der Waals surface area contributed by atoms with Gasteiger partial charge in [-0.25, -0.2) is 0 Å². The van der Waals surface area contributed by atoms with E-state index in [0.29, 0.717) is 6.42 Å². The second kappa shape index (κ2) is 5.64. The fraction of sp³-hybridized carbons (Fsp3) is 0.364. The molecule has 0 unspecified atom stereocenters. The predicted molar refractivity (Wildman–Crippen MR) is 58.1 cm³/mol. The molecule has 3 heteroatoms. The molecule has 0 saturated heterocycles. The van der Waals surface area contributed by atoms with Gasteiger partial charge < -0.3 is 5.32 Å². The van der Waals surface area contributed by atoms with Crippen molar-refractivity contribution >= 4 is 11.6 Å². The number of aryl methyl sites for hydroxylation is 1. The number of benzene rings is 1. The molecule has 0 fully saturated rings. The number of rotatable bonds is 4. The number of halogens is 1. The standard InChI is InChI=1S/C11H13ClN2/c1-9-7-11(12)4-3-10(9)8-14-6-2-5-13/h3-4,7,14H,2,6,8H2,1H3. The zero-order valence-electron chi connectivity index (χ0n) is 8.18. The van der Waals surface area contributed by atoms with Crippen molar-refractivity contribution in [3.8, 4) is 6.07 Å². The van der Waals surface area contributed by atoms with E-state index in [1.807, 2.05) is 25.1 Å². The Morgan fingerprint density at radius 3 is 2.93 bits per heavy atom. The van der Waals surface area contributed by atoms with Gasteiger partial charge in [0.15, 0.2) is 0 Å². The summed E-state index contributed by atoms with van der Waals surface area (Å²) < 4.78 is 0. The van der Waals surface area contributed by atoms with Crippen LogP contribution < -0.4 is 5.32 Å². The number of hydrogen-bond acceptors (Lipinski definition) is 2. The lowest BCUT2D eigenvalue weighted by Crippen LogP contribution is -2.14. The Morgan fingerprint density at radius 1 is 1.50 bits per heavy atom. The molecule has 0 aromatic heterocycles. The maximum atomic E-state index is 8.35. The fourth-order valence-corrected chi connectivity index (χ4v) is 1.45. The molecule has 0 amide bonds. The van der Waals surface area contributed by atoms with Crippen molar-refractivity contribution in [2.24, 2.45) is 0 Å². The monoisotopic (exact) mass is 208 g/mol. The normalized spacial score (nSPS) is 9.79. The minimum absolute atomic E-state index is 0.548. The third-order valence-corrected chi connectivity index (χ3v) is 2.27.